The summed E-state index contributed by atoms with van der Waals surface area (Å²) in [5.41, 5.74) is 0.0337. The molecule has 1 aliphatic heterocycles. The second-order valence-electron chi connectivity index (χ2n) is 7.48. The Morgan fingerprint density at radius 1 is 1.20 bits per heavy atom. The molecular weight excluding hydrogens is 387 g/mol. The number of furan rings is 1. The Morgan fingerprint density at radius 3 is 2.50 bits per heavy atom. The van der Waals surface area contributed by atoms with Crippen molar-refractivity contribution < 1.29 is 28.4 Å². The van der Waals surface area contributed by atoms with Gasteiger partial charge >= 0.3 is 0 Å². The van der Waals surface area contributed by atoms with Crippen LogP contribution in [0.4, 0.5) is 4.39 Å². The number of carbonyl (C=O) groups is 2. The van der Waals surface area contributed by atoms with Gasteiger partial charge in [0, 0.05) is 18.5 Å². The van der Waals surface area contributed by atoms with Crippen LogP contribution in [0.25, 0.3) is 0 Å². The maximum Gasteiger partial charge on any atom is 0.290 e. The lowest BCUT2D eigenvalue weighted by molar-refractivity contribution is -0.896. The average Bonchev–Trinajstić information content (AvgIpc) is 3.28. The molecule has 1 aromatic heterocycles. The van der Waals surface area contributed by atoms with Crippen molar-refractivity contribution >= 4 is 11.7 Å². The Hall–Kier alpha value is -2.93. The van der Waals surface area contributed by atoms with Gasteiger partial charge in [0.05, 0.1) is 31.2 Å². The van der Waals surface area contributed by atoms with Gasteiger partial charge in [-0.1, -0.05) is 18.2 Å². The van der Waals surface area contributed by atoms with Crippen LogP contribution < -0.4 is 4.90 Å². The lowest BCUT2D eigenvalue weighted by Gasteiger charge is -2.27. The Labute approximate surface area is 175 Å². The van der Waals surface area contributed by atoms with E-state index in [0.29, 0.717) is 18.7 Å². The normalized spacial score (nSPS) is 16.8. The zero-order valence-corrected chi connectivity index (χ0v) is 17.6. The minimum absolute atomic E-state index is 0.0117. The van der Waals surface area contributed by atoms with Crippen molar-refractivity contribution in [1.29, 1.82) is 0 Å². The van der Waals surface area contributed by atoms with Gasteiger partial charge in [-0.25, -0.2) is 4.39 Å². The molecule has 0 radical (unpaired) electrons. The molecule has 0 fully saturated rings. The maximum atomic E-state index is 14.7. The molecular formula is C23H28FN2O4+. The van der Waals surface area contributed by atoms with E-state index >= 15 is 0 Å². The van der Waals surface area contributed by atoms with Crippen molar-refractivity contribution in [3.05, 3.63) is 70.6 Å². The first-order chi connectivity index (χ1) is 14.4. The van der Waals surface area contributed by atoms with E-state index in [-0.39, 0.29) is 16.9 Å². The number of carbonyl (C=O) groups excluding carboxylic acids is 2. The highest BCUT2D eigenvalue weighted by Gasteiger charge is 2.45. The van der Waals surface area contributed by atoms with Gasteiger partial charge in [-0.3, -0.25) is 9.59 Å². The lowest BCUT2D eigenvalue weighted by Crippen LogP contribution is -3.11. The number of halogens is 1. The number of nitrogens with zero attached hydrogens (tertiary/aromatic N) is 1. The van der Waals surface area contributed by atoms with Gasteiger partial charge in [-0.15, -0.1) is 0 Å². The van der Waals surface area contributed by atoms with Crippen molar-refractivity contribution in [2.24, 2.45) is 0 Å². The number of hydrogen-bond donors (Lipinski definition) is 2. The summed E-state index contributed by atoms with van der Waals surface area (Å²) in [7, 11) is 0. The molecule has 2 aromatic rings. The van der Waals surface area contributed by atoms with E-state index in [1.165, 1.54) is 28.0 Å². The Morgan fingerprint density at radius 2 is 1.90 bits per heavy atom. The molecule has 1 aliphatic rings. The van der Waals surface area contributed by atoms with E-state index in [1.54, 1.807) is 25.1 Å². The van der Waals surface area contributed by atoms with E-state index in [9.17, 15) is 19.1 Å². The minimum Gasteiger partial charge on any atom is -0.503 e. The van der Waals surface area contributed by atoms with Crippen LogP contribution in [-0.2, 0) is 4.79 Å². The van der Waals surface area contributed by atoms with E-state index in [2.05, 4.69) is 13.8 Å². The molecule has 1 amide bonds. The van der Waals surface area contributed by atoms with Crippen LogP contribution in [0.3, 0.4) is 0 Å². The van der Waals surface area contributed by atoms with Gasteiger partial charge in [0.2, 0.25) is 5.78 Å². The molecule has 0 saturated carbocycles. The molecule has 0 aliphatic carbocycles. The largest absolute Gasteiger partial charge is 0.503 e. The fourth-order valence-corrected chi connectivity index (χ4v) is 3.93. The predicted molar refractivity (Wildman–Crippen MR) is 110 cm³/mol. The first-order valence-electron chi connectivity index (χ1n) is 10.3. The topological polar surface area (TPSA) is 75.2 Å². The molecule has 0 unspecified atom stereocenters. The number of aliphatic hydroxyl groups excluding tert-OH is 1. The number of benzene rings is 1. The summed E-state index contributed by atoms with van der Waals surface area (Å²) in [4.78, 5) is 28.8. The third-order valence-corrected chi connectivity index (χ3v) is 5.64. The van der Waals surface area contributed by atoms with Crippen LogP contribution in [-0.4, -0.2) is 47.9 Å². The predicted octanol–water partition coefficient (Wildman–Crippen LogP) is 2.62. The van der Waals surface area contributed by atoms with E-state index in [4.69, 9.17) is 4.42 Å². The lowest BCUT2D eigenvalue weighted by atomic mass is 9.94. The monoisotopic (exact) mass is 415 g/mol. The highest BCUT2D eigenvalue weighted by Crippen LogP contribution is 2.40. The van der Waals surface area contributed by atoms with Crippen LogP contribution >= 0.6 is 0 Å². The molecule has 1 aromatic carbocycles. The second kappa shape index (κ2) is 9.26. The number of aliphatic hydroxyl groups is 1. The van der Waals surface area contributed by atoms with Gasteiger partial charge in [0.15, 0.2) is 11.5 Å². The third kappa shape index (κ3) is 4.16. The van der Waals surface area contributed by atoms with Crippen molar-refractivity contribution in [3.8, 4) is 0 Å². The summed E-state index contributed by atoms with van der Waals surface area (Å²) < 4.78 is 20.1. The SMILES string of the molecule is CC[NH+](CC)CCCN1C(=O)C(O)=C(C(=O)c2ccc(C)o2)[C@H]1c1ccccc1F. The van der Waals surface area contributed by atoms with Gasteiger partial charge < -0.3 is 19.3 Å². The fraction of sp³-hybridized carbons (Fsp3) is 0.391. The summed E-state index contributed by atoms with van der Waals surface area (Å²) in [6.07, 6.45) is 0.669. The van der Waals surface area contributed by atoms with Crippen molar-refractivity contribution in [2.45, 2.75) is 33.2 Å². The van der Waals surface area contributed by atoms with Gasteiger partial charge in [-0.2, -0.15) is 0 Å². The molecule has 2 N–H and O–H groups in total. The number of amides is 1. The number of ketones is 1. The van der Waals surface area contributed by atoms with Gasteiger partial charge in [0.25, 0.3) is 5.91 Å². The molecule has 2 heterocycles. The number of Topliss-reactive ketones (excluding diaryl/α,β-unsaturated/α-hetero) is 1. The molecule has 3 rings (SSSR count). The Kier molecular flexibility index (Phi) is 6.72. The molecule has 0 spiro atoms. The molecule has 30 heavy (non-hydrogen) atoms. The van der Waals surface area contributed by atoms with Gasteiger partial charge in [0.1, 0.15) is 11.6 Å². The third-order valence-electron chi connectivity index (χ3n) is 5.64. The van der Waals surface area contributed by atoms with E-state index in [1.807, 2.05) is 0 Å². The van der Waals surface area contributed by atoms with Crippen LogP contribution in [0.5, 0.6) is 0 Å². The molecule has 7 heteroatoms. The smallest absolute Gasteiger partial charge is 0.290 e. The summed E-state index contributed by atoms with van der Waals surface area (Å²) in [6, 6.07) is 8.14. The Bertz CT molecular complexity index is 962. The number of aryl methyl sites for hydroxylation is 1. The van der Waals surface area contributed by atoms with E-state index < -0.39 is 29.3 Å². The fourth-order valence-electron chi connectivity index (χ4n) is 3.93. The van der Waals surface area contributed by atoms with Crippen LogP contribution in [0.2, 0.25) is 0 Å². The maximum absolute atomic E-state index is 14.7. The zero-order valence-electron chi connectivity index (χ0n) is 17.6. The van der Waals surface area contributed by atoms with Crippen LogP contribution in [0.15, 0.2) is 52.1 Å². The highest BCUT2D eigenvalue weighted by molar-refractivity contribution is 6.15. The summed E-state index contributed by atoms with van der Waals surface area (Å²) >= 11 is 0. The first-order valence-corrected chi connectivity index (χ1v) is 10.3. The average molecular weight is 415 g/mol. The number of nitrogens with one attached hydrogen (secondary N) is 1. The Balaban J connectivity index is 1.97. The van der Waals surface area contributed by atoms with Crippen LogP contribution in [0.1, 0.15) is 48.2 Å². The molecule has 6 nitrogen and oxygen atoms in total. The molecule has 0 saturated heterocycles. The number of quaternary nitrogens is 1. The molecule has 160 valence electrons. The van der Waals surface area contributed by atoms with Crippen LogP contribution in [0, 0.1) is 12.7 Å². The van der Waals surface area contributed by atoms with Gasteiger partial charge in [-0.05, 0) is 39.0 Å². The van der Waals surface area contributed by atoms with Crippen molar-refractivity contribution in [1.82, 2.24) is 4.90 Å². The summed E-state index contributed by atoms with van der Waals surface area (Å²) in [5.74, 6) is -1.91. The first kappa shape index (κ1) is 21.8. The number of rotatable bonds is 9. The summed E-state index contributed by atoms with van der Waals surface area (Å²) in [5, 5.41) is 10.6. The molecule has 1 atom stereocenters. The van der Waals surface area contributed by atoms with E-state index in [0.717, 1.165) is 19.6 Å². The second-order valence-corrected chi connectivity index (χ2v) is 7.48. The van der Waals surface area contributed by atoms with Crippen molar-refractivity contribution in [2.75, 3.05) is 26.2 Å². The highest BCUT2D eigenvalue weighted by atomic mass is 19.1. The quantitative estimate of drug-likeness (QED) is 0.618. The zero-order chi connectivity index (χ0) is 21.8. The minimum atomic E-state index is -0.997. The molecule has 0 bridgehead atoms. The summed E-state index contributed by atoms with van der Waals surface area (Å²) in [6.45, 7) is 8.95. The standard InChI is InChI=1S/C23H27FN2O4/c1-4-25(5-2)13-8-14-26-20(16-9-6-7-10-17(16)24)19(22(28)23(26)29)21(27)18-12-11-15(3)30-18/h6-7,9-12,20,28H,4-5,8,13-14H2,1-3H3/p+1/t20-/m1/s1. The van der Waals surface area contributed by atoms with Crippen molar-refractivity contribution in [3.63, 3.8) is 0 Å². The number of hydrogen-bond acceptors (Lipinski definition) is 4.